The molecule has 3 heterocycles. The van der Waals surface area contributed by atoms with Gasteiger partial charge in [0.15, 0.2) is 15.9 Å². The molecule has 3 aromatic heterocycles. The molecular weight excluding hydrogens is 418 g/mol. The van der Waals surface area contributed by atoms with Gasteiger partial charge in [0.2, 0.25) is 0 Å². The molecule has 0 unspecified atom stereocenters. The lowest BCUT2D eigenvalue weighted by atomic mass is 10.1. The van der Waals surface area contributed by atoms with E-state index < -0.39 is 0 Å². The highest BCUT2D eigenvalue weighted by Gasteiger charge is 2.14. The number of thioether (sulfide) groups is 1. The van der Waals surface area contributed by atoms with Crippen molar-refractivity contribution in [3.63, 3.8) is 0 Å². The largest absolute Gasteiger partial charge is 0.485 e. The summed E-state index contributed by atoms with van der Waals surface area (Å²) in [6.45, 7) is 8.78. The Bertz CT molecular complexity index is 1260. The molecule has 7 nitrogen and oxygen atoms in total. The normalized spacial score (nSPS) is 11.1. The number of hydrogen-bond donors (Lipinski definition) is 0. The third-order valence-electron chi connectivity index (χ3n) is 4.51. The molecule has 4 rings (SSSR count). The van der Waals surface area contributed by atoms with Crippen molar-refractivity contribution in [3.8, 4) is 5.75 Å². The van der Waals surface area contributed by atoms with Crippen molar-refractivity contribution in [2.45, 2.75) is 37.9 Å². The van der Waals surface area contributed by atoms with Crippen LogP contribution in [-0.2, 0) is 18.9 Å². The first-order valence-corrected chi connectivity index (χ1v) is 11.2. The van der Waals surface area contributed by atoms with Gasteiger partial charge < -0.3 is 4.74 Å². The van der Waals surface area contributed by atoms with Crippen molar-refractivity contribution in [3.05, 3.63) is 81.5 Å². The van der Waals surface area contributed by atoms with Crippen LogP contribution in [-0.4, -0.2) is 24.1 Å². The predicted octanol–water partition coefficient (Wildman–Crippen LogP) is 4.02. The molecule has 0 atom stereocenters. The van der Waals surface area contributed by atoms with Crippen molar-refractivity contribution in [1.29, 1.82) is 0 Å². The molecule has 0 bridgehead atoms. The summed E-state index contributed by atoms with van der Waals surface area (Å²) in [5, 5.41) is 11.2. The Morgan fingerprint density at radius 2 is 2.13 bits per heavy atom. The van der Waals surface area contributed by atoms with Gasteiger partial charge in [-0.05, 0) is 31.0 Å². The van der Waals surface area contributed by atoms with E-state index in [-0.39, 0.29) is 5.56 Å². The van der Waals surface area contributed by atoms with E-state index in [2.05, 4.69) is 27.8 Å². The summed E-state index contributed by atoms with van der Waals surface area (Å²) in [5.41, 5.74) is 2.86. The molecule has 154 valence electrons. The van der Waals surface area contributed by atoms with Crippen LogP contribution in [0.4, 0.5) is 0 Å². The lowest BCUT2D eigenvalue weighted by molar-refractivity contribution is 0.287. The fraction of sp³-hybridized carbons (Fsp3) is 0.238. The zero-order chi connectivity index (χ0) is 21.1. The maximum Gasteiger partial charge on any atom is 0.258 e. The number of hydrogen-bond acceptors (Lipinski definition) is 7. The molecule has 0 aliphatic heterocycles. The second-order valence-electron chi connectivity index (χ2n) is 6.79. The van der Waals surface area contributed by atoms with E-state index in [4.69, 9.17) is 4.74 Å². The van der Waals surface area contributed by atoms with E-state index in [1.807, 2.05) is 35.9 Å². The molecular formula is C21H21N5O2S2. The summed E-state index contributed by atoms with van der Waals surface area (Å²) in [7, 11) is 0. The van der Waals surface area contributed by atoms with Gasteiger partial charge in [0, 0.05) is 29.9 Å². The fourth-order valence-corrected chi connectivity index (χ4v) is 4.55. The first-order valence-electron chi connectivity index (χ1n) is 9.37. The standard InChI is InChI=1S/C21H21N5O2S2/c1-4-7-25-18(12-28-17-10-14(2)5-6-15(17)3)23-24-21(25)30-13-16-11-19(27)26-8-9-29-20(26)22-16/h4-6,8-11H,1,7,12-13H2,2-3H3. The van der Waals surface area contributed by atoms with Crippen LogP contribution in [0, 0.1) is 13.8 Å². The van der Waals surface area contributed by atoms with Gasteiger partial charge >= 0.3 is 0 Å². The molecule has 0 saturated carbocycles. The maximum atomic E-state index is 12.2. The first-order chi connectivity index (χ1) is 14.5. The van der Waals surface area contributed by atoms with Gasteiger partial charge in [0.25, 0.3) is 5.56 Å². The van der Waals surface area contributed by atoms with Crippen LogP contribution in [0.1, 0.15) is 22.6 Å². The summed E-state index contributed by atoms with van der Waals surface area (Å²) in [5.74, 6) is 2.09. The molecule has 0 aliphatic carbocycles. The van der Waals surface area contributed by atoms with Gasteiger partial charge in [0.1, 0.15) is 12.4 Å². The van der Waals surface area contributed by atoms with E-state index in [1.54, 1.807) is 22.7 Å². The van der Waals surface area contributed by atoms with Crippen molar-refractivity contribution >= 4 is 28.1 Å². The van der Waals surface area contributed by atoms with Gasteiger partial charge in [-0.25, -0.2) is 4.98 Å². The van der Waals surface area contributed by atoms with Gasteiger partial charge in [-0.1, -0.05) is 30.0 Å². The topological polar surface area (TPSA) is 74.3 Å². The Labute approximate surface area is 182 Å². The monoisotopic (exact) mass is 439 g/mol. The first kappa shape index (κ1) is 20.4. The molecule has 9 heteroatoms. The van der Waals surface area contributed by atoms with Crippen LogP contribution in [0.15, 0.2) is 58.4 Å². The smallest absolute Gasteiger partial charge is 0.258 e. The molecule has 0 aliphatic rings. The van der Waals surface area contributed by atoms with E-state index in [9.17, 15) is 4.79 Å². The third kappa shape index (κ3) is 4.31. The van der Waals surface area contributed by atoms with Crippen molar-refractivity contribution in [2.75, 3.05) is 0 Å². The number of allylic oxidation sites excluding steroid dienone is 1. The number of aryl methyl sites for hydroxylation is 2. The number of nitrogens with zero attached hydrogens (tertiary/aromatic N) is 5. The van der Waals surface area contributed by atoms with Crippen LogP contribution < -0.4 is 10.3 Å². The number of aromatic nitrogens is 5. The molecule has 0 N–H and O–H groups in total. The number of fused-ring (bicyclic) bond motifs is 1. The van der Waals surface area contributed by atoms with Crippen LogP contribution in [0.5, 0.6) is 5.75 Å². The highest BCUT2D eigenvalue weighted by Crippen LogP contribution is 2.24. The summed E-state index contributed by atoms with van der Waals surface area (Å²) >= 11 is 2.93. The lowest BCUT2D eigenvalue weighted by Gasteiger charge is -2.11. The summed E-state index contributed by atoms with van der Waals surface area (Å²) in [4.78, 5) is 17.4. The lowest BCUT2D eigenvalue weighted by Crippen LogP contribution is -2.12. The molecule has 0 fully saturated rings. The molecule has 0 saturated heterocycles. The molecule has 1 aromatic carbocycles. The average molecular weight is 440 g/mol. The molecule has 0 spiro atoms. The van der Waals surface area contributed by atoms with Gasteiger partial charge in [-0.2, -0.15) is 0 Å². The average Bonchev–Trinajstić information content (AvgIpc) is 3.35. The van der Waals surface area contributed by atoms with E-state index in [0.29, 0.717) is 29.6 Å². The van der Waals surface area contributed by atoms with Crippen molar-refractivity contribution in [2.24, 2.45) is 0 Å². The quantitative estimate of drug-likeness (QED) is 0.305. The summed E-state index contributed by atoms with van der Waals surface area (Å²) < 4.78 is 9.51. The predicted molar refractivity (Wildman–Crippen MR) is 119 cm³/mol. The third-order valence-corrected chi connectivity index (χ3v) is 6.27. The number of benzene rings is 1. The SMILES string of the molecule is C=CCn1c(COc2cc(C)ccc2C)nnc1SCc1cc(=O)n2ccsc2n1. The maximum absolute atomic E-state index is 12.2. The minimum Gasteiger partial charge on any atom is -0.485 e. The minimum absolute atomic E-state index is 0.0768. The molecule has 0 amide bonds. The van der Waals surface area contributed by atoms with Gasteiger partial charge in [0.05, 0.1) is 5.69 Å². The van der Waals surface area contributed by atoms with Crippen molar-refractivity contribution < 1.29 is 4.74 Å². The van der Waals surface area contributed by atoms with E-state index >= 15 is 0 Å². The van der Waals surface area contributed by atoms with E-state index in [1.165, 1.54) is 23.1 Å². The Morgan fingerprint density at radius 3 is 2.97 bits per heavy atom. The van der Waals surface area contributed by atoms with Crippen molar-refractivity contribution in [1.82, 2.24) is 24.1 Å². The highest BCUT2D eigenvalue weighted by atomic mass is 32.2. The number of thiazole rings is 1. The zero-order valence-electron chi connectivity index (χ0n) is 16.7. The number of rotatable bonds is 8. The Hall–Kier alpha value is -2.91. The Kier molecular flexibility index (Phi) is 6.01. The molecule has 30 heavy (non-hydrogen) atoms. The second kappa shape index (κ2) is 8.85. The van der Waals surface area contributed by atoms with E-state index in [0.717, 1.165) is 27.9 Å². The fourth-order valence-electron chi connectivity index (χ4n) is 2.95. The van der Waals surface area contributed by atoms with Crippen LogP contribution >= 0.6 is 23.1 Å². The van der Waals surface area contributed by atoms with Crippen LogP contribution in [0.25, 0.3) is 4.96 Å². The number of ether oxygens (including phenoxy) is 1. The summed E-state index contributed by atoms with van der Waals surface area (Å²) in [6.07, 6.45) is 3.53. The Morgan fingerprint density at radius 1 is 1.27 bits per heavy atom. The Balaban J connectivity index is 1.50. The minimum atomic E-state index is -0.0768. The van der Waals surface area contributed by atoms with Crippen LogP contribution in [0.3, 0.4) is 0 Å². The second-order valence-corrected chi connectivity index (χ2v) is 8.60. The highest BCUT2D eigenvalue weighted by molar-refractivity contribution is 7.98. The summed E-state index contributed by atoms with van der Waals surface area (Å²) in [6, 6.07) is 7.68. The zero-order valence-corrected chi connectivity index (χ0v) is 18.4. The van der Waals surface area contributed by atoms with Crippen LogP contribution in [0.2, 0.25) is 0 Å². The van der Waals surface area contributed by atoms with Gasteiger partial charge in [-0.15, -0.1) is 28.1 Å². The molecule has 0 radical (unpaired) electrons. The van der Waals surface area contributed by atoms with Gasteiger partial charge in [-0.3, -0.25) is 13.8 Å². The molecule has 4 aromatic rings.